The molecule has 104 valence electrons. The molecule has 1 aliphatic rings. The Balaban J connectivity index is 2.04. The maximum Gasteiger partial charge on any atom is 0.251 e. The van der Waals surface area contributed by atoms with Gasteiger partial charge in [-0.05, 0) is 38.4 Å². The lowest BCUT2D eigenvalue weighted by Crippen LogP contribution is -2.47. The van der Waals surface area contributed by atoms with Crippen molar-refractivity contribution >= 4 is 5.91 Å². The lowest BCUT2D eigenvalue weighted by molar-refractivity contribution is 0.0941. The maximum atomic E-state index is 13.0. The number of halogens is 3. The Hall–Kier alpha value is -1.56. The second-order valence-corrected chi connectivity index (χ2v) is 5.03. The monoisotopic (exact) mass is 272 g/mol. The molecule has 1 amide bonds. The van der Waals surface area contributed by atoms with Gasteiger partial charge in [0.05, 0.1) is 0 Å². The summed E-state index contributed by atoms with van der Waals surface area (Å²) >= 11 is 0. The summed E-state index contributed by atoms with van der Waals surface area (Å²) in [6.07, 6.45) is 1.94. The van der Waals surface area contributed by atoms with Gasteiger partial charge in [-0.3, -0.25) is 4.79 Å². The third-order valence-corrected chi connectivity index (χ3v) is 3.34. The predicted molar refractivity (Wildman–Crippen MR) is 64.3 cm³/mol. The molecule has 0 aromatic heterocycles. The van der Waals surface area contributed by atoms with Crippen LogP contribution >= 0.6 is 0 Å². The average molecular weight is 272 g/mol. The van der Waals surface area contributed by atoms with Crippen LogP contribution in [0.5, 0.6) is 0 Å². The molecule has 3 nitrogen and oxygen atoms in total. The average Bonchev–Trinajstić information content (AvgIpc) is 2.80. The number of hydrogen-bond acceptors (Lipinski definition) is 2. The quantitative estimate of drug-likeness (QED) is 0.826. The van der Waals surface area contributed by atoms with Gasteiger partial charge in [0, 0.05) is 17.6 Å². The zero-order valence-corrected chi connectivity index (χ0v) is 10.5. The third-order valence-electron chi connectivity index (χ3n) is 3.34. The van der Waals surface area contributed by atoms with Crippen LogP contribution in [0, 0.1) is 17.5 Å². The first kappa shape index (κ1) is 13.9. The first-order chi connectivity index (χ1) is 8.91. The van der Waals surface area contributed by atoms with E-state index in [1.165, 1.54) is 0 Å². The first-order valence-corrected chi connectivity index (χ1v) is 6.09. The zero-order valence-electron chi connectivity index (χ0n) is 10.5. The van der Waals surface area contributed by atoms with Gasteiger partial charge in [-0.2, -0.15) is 0 Å². The molecule has 19 heavy (non-hydrogen) atoms. The van der Waals surface area contributed by atoms with E-state index in [1.54, 1.807) is 0 Å². The number of carbonyl (C=O) groups is 1. The second kappa shape index (κ2) is 5.21. The van der Waals surface area contributed by atoms with Gasteiger partial charge >= 0.3 is 0 Å². The van der Waals surface area contributed by atoms with Gasteiger partial charge in [0.25, 0.3) is 5.91 Å². The number of benzene rings is 1. The second-order valence-electron chi connectivity index (χ2n) is 5.03. The Morgan fingerprint density at radius 2 is 2.00 bits per heavy atom. The van der Waals surface area contributed by atoms with Crippen molar-refractivity contribution in [2.75, 3.05) is 13.1 Å². The van der Waals surface area contributed by atoms with Gasteiger partial charge in [-0.15, -0.1) is 0 Å². The van der Waals surface area contributed by atoms with Gasteiger partial charge in [0.15, 0.2) is 17.5 Å². The van der Waals surface area contributed by atoms with Crippen molar-refractivity contribution in [3.05, 3.63) is 35.1 Å². The lowest BCUT2D eigenvalue weighted by Gasteiger charge is -2.24. The number of amides is 1. The van der Waals surface area contributed by atoms with E-state index in [-0.39, 0.29) is 11.1 Å². The van der Waals surface area contributed by atoms with E-state index >= 15 is 0 Å². The van der Waals surface area contributed by atoms with E-state index in [4.69, 9.17) is 0 Å². The zero-order chi connectivity index (χ0) is 14.0. The van der Waals surface area contributed by atoms with Crippen molar-refractivity contribution in [2.45, 2.75) is 25.3 Å². The molecule has 1 saturated heterocycles. The summed E-state index contributed by atoms with van der Waals surface area (Å²) in [4.78, 5) is 11.8. The predicted octanol–water partition coefficient (Wildman–Crippen LogP) is 1.98. The van der Waals surface area contributed by atoms with Crippen LogP contribution < -0.4 is 10.6 Å². The molecule has 1 aromatic rings. The highest BCUT2D eigenvalue weighted by molar-refractivity contribution is 5.94. The molecule has 1 unspecified atom stereocenters. The van der Waals surface area contributed by atoms with Crippen LogP contribution in [-0.2, 0) is 0 Å². The molecule has 0 saturated carbocycles. The fourth-order valence-electron chi connectivity index (χ4n) is 2.17. The molecule has 0 radical (unpaired) electrons. The summed E-state index contributed by atoms with van der Waals surface area (Å²) in [5.41, 5.74) is -0.426. The highest BCUT2D eigenvalue weighted by Gasteiger charge is 2.28. The fourth-order valence-corrected chi connectivity index (χ4v) is 2.17. The summed E-state index contributed by atoms with van der Waals surface area (Å²) < 4.78 is 38.8. The number of nitrogens with one attached hydrogen (secondary N) is 2. The SMILES string of the molecule is CC1(CNC(=O)c2cc(F)c(F)c(F)c2)CCCN1. The minimum Gasteiger partial charge on any atom is -0.350 e. The van der Waals surface area contributed by atoms with E-state index in [0.29, 0.717) is 18.7 Å². The number of rotatable bonds is 3. The Morgan fingerprint density at radius 3 is 2.53 bits per heavy atom. The van der Waals surface area contributed by atoms with E-state index in [0.717, 1.165) is 19.4 Å². The van der Waals surface area contributed by atoms with E-state index < -0.39 is 23.4 Å². The van der Waals surface area contributed by atoms with Gasteiger partial charge in [0.2, 0.25) is 0 Å². The third kappa shape index (κ3) is 3.07. The van der Waals surface area contributed by atoms with Crippen molar-refractivity contribution in [1.29, 1.82) is 0 Å². The molecule has 0 spiro atoms. The molecule has 1 fully saturated rings. The first-order valence-electron chi connectivity index (χ1n) is 6.09. The normalized spacial score (nSPS) is 22.5. The van der Waals surface area contributed by atoms with Crippen molar-refractivity contribution < 1.29 is 18.0 Å². The summed E-state index contributed by atoms with van der Waals surface area (Å²) in [6, 6.07) is 1.39. The largest absolute Gasteiger partial charge is 0.350 e. The lowest BCUT2D eigenvalue weighted by atomic mass is 10.0. The van der Waals surface area contributed by atoms with Gasteiger partial charge in [0.1, 0.15) is 0 Å². The molecular weight excluding hydrogens is 257 g/mol. The summed E-state index contributed by atoms with van der Waals surface area (Å²) in [5.74, 6) is -4.92. The van der Waals surface area contributed by atoms with Crippen LogP contribution in [0.15, 0.2) is 12.1 Å². The molecule has 6 heteroatoms. The molecule has 0 bridgehead atoms. The molecule has 1 aliphatic heterocycles. The molecule has 2 rings (SSSR count). The van der Waals surface area contributed by atoms with Crippen molar-refractivity contribution in [1.82, 2.24) is 10.6 Å². The Bertz CT molecular complexity index is 476. The summed E-state index contributed by atoms with van der Waals surface area (Å²) in [5, 5.41) is 5.85. The number of hydrogen-bond donors (Lipinski definition) is 2. The van der Waals surface area contributed by atoms with E-state index in [2.05, 4.69) is 10.6 Å². The van der Waals surface area contributed by atoms with Crippen molar-refractivity contribution in [3.8, 4) is 0 Å². The molecule has 1 aromatic carbocycles. The van der Waals surface area contributed by atoms with Gasteiger partial charge < -0.3 is 10.6 Å². The summed E-state index contributed by atoms with van der Waals surface area (Å²) in [6.45, 7) is 3.20. The summed E-state index contributed by atoms with van der Waals surface area (Å²) in [7, 11) is 0. The molecule has 1 atom stereocenters. The Labute approximate surface area is 109 Å². The maximum absolute atomic E-state index is 13.0. The van der Waals surface area contributed by atoms with Gasteiger partial charge in [-0.25, -0.2) is 13.2 Å². The minimum atomic E-state index is -1.57. The minimum absolute atomic E-state index is 0.202. The van der Waals surface area contributed by atoms with Crippen LogP contribution in [-0.4, -0.2) is 24.5 Å². The smallest absolute Gasteiger partial charge is 0.251 e. The molecule has 0 aliphatic carbocycles. The Kier molecular flexibility index (Phi) is 3.80. The molecular formula is C13H15F3N2O. The van der Waals surface area contributed by atoms with Crippen LogP contribution in [0.3, 0.4) is 0 Å². The standard InChI is InChI=1S/C13H15F3N2O/c1-13(3-2-4-18-13)7-17-12(19)8-5-9(14)11(16)10(15)6-8/h5-6,18H,2-4,7H2,1H3,(H,17,19). The van der Waals surface area contributed by atoms with Crippen LogP contribution in [0.1, 0.15) is 30.1 Å². The van der Waals surface area contributed by atoms with Crippen LogP contribution in [0.4, 0.5) is 13.2 Å². The fraction of sp³-hybridized carbons (Fsp3) is 0.462. The van der Waals surface area contributed by atoms with Crippen LogP contribution in [0.25, 0.3) is 0 Å². The van der Waals surface area contributed by atoms with Crippen LogP contribution in [0.2, 0.25) is 0 Å². The van der Waals surface area contributed by atoms with E-state index in [1.807, 2.05) is 6.92 Å². The van der Waals surface area contributed by atoms with Crippen molar-refractivity contribution in [3.63, 3.8) is 0 Å². The Morgan fingerprint density at radius 1 is 1.37 bits per heavy atom. The highest BCUT2D eigenvalue weighted by Crippen LogP contribution is 2.18. The topological polar surface area (TPSA) is 41.1 Å². The molecule has 2 N–H and O–H groups in total. The highest BCUT2D eigenvalue weighted by atomic mass is 19.2. The van der Waals surface area contributed by atoms with Crippen molar-refractivity contribution in [2.24, 2.45) is 0 Å². The number of carbonyl (C=O) groups excluding carboxylic acids is 1. The van der Waals surface area contributed by atoms with E-state index in [9.17, 15) is 18.0 Å². The van der Waals surface area contributed by atoms with Gasteiger partial charge in [-0.1, -0.05) is 0 Å². The molecule has 1 heterocycles.